The molecule has 3 nitrogen and oxygen atoms in total. The van der Waals surface area contributed by atoms with E-state index in [0.29, 0.717) is 36.9 Å². The predicted octanol–water partition coefficient (Wildman–Crippen LogP) is 2.61. The Morgan fingerprint density at radius 3 is 2.56 bits per heavy atom. The fourth-order valence-corrected chi connectivity index (χ4v) is 2.02. The zero-order chi connectivity index (χ0) is 11.5. The number of aromatic nitrogens is 2. The summed E-state index contributed by atoms with van der Waals surface area (Å²) in [6, 6.07) is 1.66. The Morgan fingerprint density at radius 2 is 2.00 bits per heavy atom. The van der Waals surface area contributed by atoms with Gasteiger partial charge in [0.1, 0.15) is 17.3 Å². The van der Waals surface area contributed by atoms with Gasteiger partial charge >= 0.3 is 0 Å². The van der Waals surface area contributed by atoms with E-state index in [1.54, 1.807) is 6.07 Å². The molecular formula is C10H12ClF2N3. The van der Waals surface area contributed by atoms with Crippen LogP contribution in [0.3, 0.4) is 0 Å². The molecule has 0 aromatic carbocycles. The molecule has 88 valence electrons. The summed E-state index contributed by atoms with van der Waals surface area (Å²) in [6.45, 7) is 1.20. The first-order valence-electron chi connectivity index (χ1n) is 5.17. The number of rotatable bonds is 2. The van der Waals surface area contributed by atoms with Crippen LogP contribution < -0.4 is 4.90 Å². The third-order valence-corrected chi connectivity index (χ3v) is 3.05. The zero-order valence-electron chi connectivity index (χ0n) is 8.61. The molecule has 0 unspecified atom stereocenters. The van der Waals surface area contributed by atoms with Crippen LogP contribution in [0.4, 0.5) is 14.6 Å². The zero-order valence-corrected chi connectivity index (χ0v) is 9.37. The van der Waals surface area contributed by atoms with Crippen molar-refractivity contribution in [2.24, 2.45) is 5.92 Å². The van der Waals surface area contributed by atoms with E-state index in [0.717, 1.165) is 0 Å². The SMILES string of the molecule is FC(F)C1CCN(c2cc(Cl)ncn2)CC1. The van der Waals surface area contributed by atoms with Gasteiger partial charge in [-0.1, -0.05) is 11.6 Å². The Bertz CT molecular complexity index is 354. The molecule has 1 aromatic heterocycles. The largest absolute Gasteiger partial charge is 0.356 e. The summed E-state index contributed by atoms with van der Waals surface area (Å²) in [5.41, 5.74) is 0. The maximum atomic E-state index is 12.4. The van der Waals surface area contributed by atoms with E-state index in [2.05, 4.69) is 9.97 Å². The predicted molar refractivity (Wildman–Crippen MR) is 58.0 cm³/mol. The number of alkyl halides is 2. The van der Waals surface area contributed by atoms with E-state index in [1.807, 2.05) is 4.90 Å². The van der Waals surface area contributed by atoms with Gasteiger partial charge in [-0.15, -0.1) is 0 Å². The Labute approximate surface area is 97.4 Å². The highest BCUT2D eigenvalue weighted by Gasteiger charge is 2.26. The van der Waals surface area contributed by atoms with Crippen LogP contribution in [-0.4, -0.2) is 29.5 Å². The van der Waals surface area contributed by atoms with Crippen molar-refractivity contribution in [3.05, 3.63) is 17.5 Å². The van der Waals surface area contributed by atoms with Gasteiger partial charge in [0.05, 0.1) is 0 Å². The fourth-order valence-electron chi connectivity index (χ4n) is 1.88. The second kappa shape index (κ2) is 4.91. The van der Waals surface area contributed by atoms with Gasteiger partial charge in [0, 0.05) is 25.1 Å². The maximum Gasteiger partial charge on any atom is 0.241 e. The molecule has 1 aliphatic rings. The number of hydrogen-bond donors (Lipinski definition) is 0. The summed E-state index contributed by atoms with van der Waals surface area (Å²) in [5, 5.41) is 0.376. The lowest BCUT2D eigenvalue weighted by Crippen LogP contribution is -2.36. The lowest BCUT2D eigenvalue weighted by atomic mass is 9.97. The molecule has 0 spiro atoms. The molecule has 2 heterocycles. The van der Waals surface area contributed by atoms with Gasteiger partial charge in [-0.25, -0.2) is 18.7 Å². The second-order valence-corrected chi connectivity index (χ2v) is 4.25. The molecule has 16 heavy (non-hydrogen) atoms. The lowest BCUT2D eigenvalue weighted by molar-refractivity contribution is 0.0635. The van der Waals surface area contributed by atoms with Gasteiger partial charge in [-0.05, 0) is 12.8 Å². The van der Waals surface area contributed by atoms with Crippen molar-refractivity contribution >= 4 is 17.4 Å². The van der Waals surface area contributed by atoms with Crippen LogP contribution in [-0.2, 0) is 0 Å². The normalized spacial score (nSPS) is 18.1. The summed E-state index contributed by atoms with van der Waals surface area (Å²) < 4.78 is 24.9. The van der Waals surface area contributed by atoms with E-state index in [4.69, 9.17) is 11.6 Å². The average molecular weight is 248 g/mol. The van der Waals surface area contributed by atoms with Crippen molar-refractivity contribution in [2.75, 3.05) is 18.0 Å². The number of halogens is 3. The van der Waals surface area contributed by atoms with Crippen molar-refractivity contribution < 1.29 is 8.78 Å². The van der Waals surface area contributed by atoms with Gasteiger partial charge in [0.15, 0.2) is 0 Å². The van der Waals surface area contributed by atoms with Crippen LogP contribution in [0, 0.1) is 5.92 Å². The van der Waals surface area contributed by atoms with E-state index < -0.39 is 12.3 Å². The molecule has 0 atom stereocenters. The molecule has 0 amide bonds. The van der Waals surface area contributed by atoms with Crippen molar-refractivity contribution in [2.45, 2.75) is 19.3 Å². The van der Waals surface area contributed by atoms with Crippen LogP contribution in [0.2, 0.25) is 5.15 Å². The van der Waals surface area contributed by atoms with Crippen molar-refractivity contribution in [3.63, 3.8) is 0 Å². The second-order valence-electron chi connectivity index (χ2n) is 3.86. The van der Waals surface area contributed by atoms with E-state index in [1.165, 1.54) is 6.33 Å². The maximum absolute atomic E-state index is 12.4. The topological polar surface area (TPSA) is 29.0 Å². The molecule has 0 saturated carbocycles. The molecule has 2 rings (SSSR count). The standard InChI is InChI=1S/C10H12ClF2N3/c11-8-5-9(15-6-14-8)16-3-1-7(2-4-16)10(12)13/h5-7,10H,1-4H2. The minimum atomic E-state index is -2.21. The summed E-state index contributed by atoms with van der Waals surface area (Å²) in [6.07, 6.45) is 0.172. The molecule has 0 N–H and O–H groups in total. The van der Waals surface area contributed by atoms with Gasteiger partial charge in [0.25, 0.3) is 0 Å². The first-order chi connectivity index (χ1) is 7.66. The Morgan fingerprint density at radius 1 is 1.31 bits per heavy atom. The first kappa shape index (κ1) is 11.5. The molecule has 6 heteroatoms. The van der Waals surface area contributed by atoms with Crippen molar-refractivity contribution in [3.8, 4) is 0 Å². The summed E-state index contributed by atoms with van der Waals surface area (Å²) in [4.78, 5) is 9.83. The summed E-state index contributed by atoms with van der Waals surface area (Å²) in [5.74, 6) is 0.237. The highest BCUT2D eigenvalue weighted by Crippen LogP contribution is 2.26. The highest BCUT2D eigenvalue weighted by molar-refractivity contribution is 6.29. The average Bonchev–Trinajstić information content (AvgIpc) is 2.29. The number of nitrogens with zero attached hydrogens (tertiary/aromatic N) is 3. The quantitative estimate of drug-likeness (QED) is 0.753. The number of anilines is 1. The van der Waals surface area contributed by atoms with Crippen LogP contribution >= 0.6 is 11.6 Å². The molecule has 0 bridgehead atoms. The van der Waals surface area contributed by atoms with E-state index in [-0.39, 0.29) is 0 Å². The number of piperidine rings is 1. The Balaban J connectivity index is 1.99. The van der Waals surface area contributed by atoms with Crippen LogP contribution in [0.1, 0.15) is 12.8 Å². The molecule has 1 saturated heterocycles. The third-order valence-electron chi connectivity index (χ3n) is 2.84. The molecule has 0 radical (unpaired) electrons. The van der Waals surface area contributed by atoms with Gasteiger partial charge in [0.2, 0.25) is 6.43 Å². The van der Waals surface area contributed by atoms with E-state index in [9.17, 15) is 8.78 Å². The first-order valence-corrected chi connectivity index (χ1v) is 5.55. The lowest BCUT2D eigenvalue weighted by Gasteiger charge is -2.32. The number of hydrogen-bond acceptors (Lipinski definition) is 3. The Kier molecular flexibility index (Phi) is 3.53. The summed E-state index contributed by atoms with van der Waals surface area (Å²) in [7, 11) is 0. The Hall–Kier alpha value is -0.970. The molecule has 1 aromatic rings. The minimum absolute atomic E-state index is 0.376. The molecular weight excluding hydrogens is 236 g/mol. The third kappa shape index (κ3) is 2.58. The van der Waals surface area contributed by atoms with Crippen LogP contribution in [0.15, 0.2) is 12.4 Å². The minimum Gasteiger partial charge on any atom is -0.356 e. The van der Waals surface area contributed by atoms with Crippen LogP contribution in [0.5, 0.6) is 0 Å². The fraction of sp³-hybridized carbons (Fsp3) is 0.600. The van der Waals surface area contributed by atoms with Gasteiger partial charge in [-0.3, -0.25) is 0 Å². The highest BCUT2D eigenvalue weighted by atomic mass is 35.5. The van der Waals surface area contributed by atoms with Crippen LogP contribution in [0.25, 0.3) is 0 Å². The van der Waals surface area contributed by atoms with E-state index >= 15 is 0 Å². The molecule has 1 fully saturated rings. The summed E-state index contributed by atoms with van der Waals surface area (Å²) >= 11 is 5.75. The molecule has 1 aliphatic heterocycles. The smallest absolute Gasteiger partial charge is 0.241 e. The van der Waals surface area contributed by atoms with Crippen molar-refractivity contribution in [1.29, 1.82) is 0 Å². The molecule has 0 aliphatic carbocycles. The van der Waals surface area contributed by atoms with Gasteiger partial charge < -0.3 is 4.90 Å². The monoisotopic (exact) mass is 247 g/mol. The van der Waals surface area contributed by atoms with Gasteiger partial charge in [-0.2, -0.15) is 0 Å². The van der Waals surface area contributed by atoms with Crippen molar-refractivity contribution in [1.82, 2.24) is 9.97 Å².